The molecule has 0 aliphatic rings. The van der Waals surface area contributed by atoms with Crippen LogP contribution in [0.1, 0.15) is 16.7 Å². The highest BCUT2D eigenvalue weighted by Gasteiger charge is 2.11. The molecule has 0 bridgehead atoms. The molecule has 0 saturated carbocycles. The van der Waals surface area contributed by atoms with Crippen LogP contribution in [-0.4, -0.2) is 10.8 Å². The lowest BCUT2D eigenvalue weighted by atomic mass is 10.1. The first-order chi connectivity index (χ1) is 18.9. The first kappa shape index (κ1) is 26.9. The molecule has 1 N–H and O–H groups in total. The van der Waals surface area contributed by atoms with E-state index in [1.165, 1.54) is 18.2 Å². The maximum absolute atomic E-state index is 12.7. The van der Waals surface area contributed by atoms with E-state index in [2.05, 4.69) is 5.32 Å². The number of nitrogens with one attached hydrogen (secondary N) is 1. The maximum atomic E-state index is 12.7. The largest absolute Gasteiger partial charge is 0.489 e. The summed E-state index contributed by atoms with van der Waals surface area (Å²) in [5.41, 5.74) is 2.60. The summed E-state index contributed by atoms with van der Waals surface area (Å²) >= 11 is 6.15. The van der Waals surface area contributed by atoms with E-state index < -0.39 is 10.8 Å². The van der Waals surface area contributed by atoms with Gasteiger partial charge in [-0.1, -0.05) is 54.1 Å². The average Bonchev–Trinajstić information content (AvgIpc) is 2.96. The van der Waals surface area contributed by atoms with Crippen LogP contribution < -0.4 is 14.8 Å². The van der Waals surface area contributed by atoms with E-state index in [9.17, 15) is 20.2 Å². The van der Waals surface area contributed by atoms with Crippen LogP contribution in [0.2, 0.25) is 5.02 Å². The Morgan fingerprint density at radius 2 is 1.59 bits per heavy atom. The molecule has 39 heavy (non-hydrogen) atoms. The summed E-state index contributed by atoms with van der Waals surface area (Å²) in [5, 5.41) is 23.8. The van der Waals surface area contributed by atoms with Crippen LogP contribution in [0.4, 0.5) is 11.4 Å². The Kier molecular flexibility index (Phi) is 8.91. The molecule has 0 fully saturated rings. The topological polar surface area (TPSA) is 114 Å². The summed E-state index contributed by atoms with van der Waals surface area (Å²) in [6.45, 7) is 0.470. The molecule has 1 amide bonds. The number of benzene rings is 4. The van der Waals surface area contributed by atoms with Gasteiger partial charge in [0.25, 0.3) is 11.6 Å². The summed E-state index contributed by atoms with van der Waals surface area (Å²) in [5.74, 6) is 0.600. The van der Waals surface area contributed by atoms with Crippen LogP contribution in [0.25, 0.3) is 6.08 Å². The van der Waals surface area contributed by atoms with E-state index in [1.54, 1.807) is 66.7 Å². The lowest BCUT2D eigenvalue weighted by molar-refractivity contribution is -0.384. The number of carbonyl (C=O) groups excluding carboxylic acids is 1. The van der Waals surface area contributed by atoms with Gasteiger partial charge >= 0.3 is 0 Å². The molecular formula is C30H22ClN3O5. The van der Waals surface area contributed by atoms with Gasteiger partial charge in [-0.3, -0.25) is 14.9 Å². The number of nitro groups is 1. The second-order valence-electron chi connectivity index (χ2n) is 8.31. The van der Waals surface area contributed by atoms with Crippen LogP contribution >= 0.6 is 11.6 Å². The zero-order valence-corrected chi connectivity index (χ0v) is 21.3. The van der Waals surface area contributed by atoms with Crippen LogP contribution in [0, 0.1) is 21.4 Å². The van der Waals surface area contributed by atoms with Crippen molar-refractivity contribution in [2.75, 3.05) is 5.32 Å². The Balaban J connectivity index is 1.32. The molecule has 0 aliphatic carbocycles. The number of non-ortho nitro benzene ring substituents is 1. The lowest BCUT2D eigenvalue weighted by Crippen LogP contribution is -2.13. The first-order valence-electron chi connectivity index (χ1n) is 11.8. The van der Waals surface area contributed by atoms with Gasteiger partial charge in [-0.2, -0.15) is 5.26 Å². The van der Waals surface area contributed by atoms with Crippen molar-refractivity contribution >= 4 is 35.0 Å². The average molecular weight is 540 g/mol. The summed E-state index contributed by atoms with van der Waals surface area (Å²) < 4.78 is 11.4. The smallest absolute Gasteiger partial charge is 0.269 e. The van der Waals surface area contributed by atoms with E-state index in [0.717, 1.165) is 5.56 Å². The highest BCUT2D eigenvalue weighted by molar-refractivity contribution is 6.31. The molecule has 0 atom stereocenters. The summed E-state index contributed by atoms with van der Waals surface area (Å²) in [7, 11) is 0. The van der Waals surface area contributed by atoms with E-state index in [4.69, 9.17) is 21.1 Å². The van der Waals surface area contributed by atoms with Gasteiger partial charge in [0.2, 0.25) is 0 Å². The fourth-order valence-corrected chi connectivity index (χ4v) is 3.70. The van der Waals surface area contributed by atoms with Crippen molar-refractivity contribution in [1.82, 2.24) is 0 Å². The molecule has 4 aromatic rings. The van der Waals surface area contributed by atoms with Gasteiger partial charge in [0.1, 0.15) is 36.4 Å². The predicted molar refractivity (Wildman–Crippen MR) is 148 cm³/mol. The third-order valence-electron chi connectivity index (χ3n) is 5.55. The van der Waals surface area contributed by atoms with Gasteiger partial charge in [-0.25, -0.2) is 0 Å². The van der Waals surface area contributed by atoms with Gasteiger partial charge in [0.05, 0.1) is 4.92 Å². The number of halogens is 1. The molecule has 0 unspecified atom stereocenters. The zero-order chi connectivity index (χ0) is 27.6. The number of nitrogens with zero attached hydrogens (tertiary/aromatic N) is 2. The summed E-state index contributed by atoms with van der Waals surface area (Å²) in [4.78, 5) is 23.1. The number of ether oxygens (including phenoxy) is 2. The highest BCUT2D eigenvalue weighted by atomic mass is 35.5. The molecule has 4 rings (SSSR count). The first-order valence-corrected chi connectivity index (χ1v) is 12.1. The standard InChI is InChI=1S/C30H22ClN3O5/c31-29-7-2-1-5-23(29)20-39-28-14-10-25(11-15-28)33-30(35)24(18-32)16-21-8-12-27(13-9-21)38-19-22-4-3-6-26(17-22)34(36)37/h1-17H,19-20H2,(H,33,35)/b24-16+. The minimum Gasteiger partial charge on any atom is -0.489 e. The number of nitriles is 1. The van der Waals surface area contributed by atoms with Crippen molar-refractivity contribution in [3.8, 4) is 17.6 Å². The Morgan fingerprint density at radius 3 is 2.26 bits per heavy atom. The minimum absolute atomic E-state index is 0.00316. The fourth-order valence-electron chi connectivity index (χ4n) is 3.51. The number of rotatable bonds is 10. The normalized spacial score (nSPS) is 10.8. The zero-order valence-electron chi connectivity index (χ0n) is 20.5. The molecule has 0 heterocycles. The molecule has 0 aliphatic heterocycles. The predicted octanol–water partition coefficient (Wildman–Crippen LogP) is 6.95. The molecule has 8 nitrogen and oxygen atoms in total. The van der Waals surface area contributed by atoms with E-state index in [1.807, 2.05) is 24.3 Å². The van der Waals surface area contributed by atoms with Gasteiger partial charge in [-0.05, 0) is 59.7 Å². The maximum Gasteiger partial charge on any atom is 0.269 e. The van der Waals surface area contributed by atoms with Gasteiger partial charge in [0, 0.05) is 28.4 Å². The third-order valence-corrected chi connectivity index (χ3v) is 5.92. The fraction of sp³-hybridized carbons (Fsp3) is 0.0667. The van der Waals surface area contributed by atoms with E-state index in [-0.39, 0.29) is 17.9 Å². The molecule has 9 heteroatoms. The van der Waals surface area contributed by atoms with Crippen molar-refractivity contribution < 1.29 is 19.2 Å². The highest BCUT2D eigenvalue weighted by Crippen LogP contribution is 2.22. The Bertz CT molecular complexity index is 1540. The van der Waals surface area contributed by atoms with Crippen LogP contribution in [0.5, 0.6) is 11.5 Å². The van der Waals surface area contributed by atoms with Gasteiger partial charge < -0.3 is 14.8 Å². The monoisotopic (exact) mass is 539 g/mol. The second-order valence-corrected chi connectivity index (χ2v) is 8.72. The number of hydrogen-bond acceptors (Lipinski definition) is 6. The summed E-state index contributed by atoms with van der Waals surface area (Å²) in [6.07, 6.45) is 1.47. The quantitative estimate of drug-likeness (QED) is 0.101. The molecular weight excluding hydrogens is 518 g/mol. The van der Waals surface area contributed by atoms with Crippen LogP contribution in [0.3, 0.4) is 0 Å². The van der Waals surface area contributed by atoms with Crippen LogP contribution in [0.15, 0.2) is 103 Å². The molecule has 0 spiro atoms. The number of nitro benzene ring substituents is 1. The van der Waals surface area contributed by atoms with E-state index in [0.29, 0.717) is 39.9 Å². The number of amides is 1. The molecule has 0 saturated heterocycles. The molecule has 0 aromatic heterocycles. The van der Waals surface area contributed by atoms with Crippen molar-refractivity contribution in [3.63, 3.8) is 0 Å². The van der Waals surface area contributed by atoms with Crippen molar-refractivity contribution in [3.05, 3.63) is 134 Å². The molecule has 194 valence electrons. The minimum atomic E-state index is -0.548. The Morgan fingerprint density at radius 1 is 0.923 bits per heavy atom. The third kappa shape index (κ3) is 7.68. The SMILES string of the molecule is N#C/C(=C\c1ccc(OCc2cccc([N+](=O)[O-])c2)cc1)C(=O)Nc1ccc(OCc2ccccc2Cl)cc1. The van der Waals surface area contributed by atoms with E-state index >= 15 is 0 Å². The van der Waals surface area contributed by atoms with Gasteiger partial charge in [0.15, 0.2) is 0 Å². The van der Waals surface area contributed by atoms with Gasteiger partial charge in [-0.15, -0.1) is 0 Å². The number of hydrogen-bond donors (Lipinski definition) is 1. The lowest BCUT2D eigenvalue weighted by Gasteiger charge is -2.09. The van der Waals surface area contributed by atoms with Crippen molar-refractivity contribution in [2.45, 2.75) is 13.2 Å². The van der Waals surface area contributed by atoms with Crippen LogP contribution in [-0.2, 0) is 18.0 Å². The Hall–Kier alpha value is -5.13. The van der Waals surface area contributed by atoms with Crippen molar-refractivity contribution in [1.29, 1.82) is 5.26 Å². The molecule has 0 radical (unpaired) electrons. The van der Waals surface area contributed by atoms with Crippen molar-refractivity contribution in [2.24, 2.45) is 0 Å². The summed E-state index contributed by atoms with van der Waals surface area (Å²) in [6, 6.07) is 29.1. The Labute approximate surface area is 229 Å². The second kappa shape index (κ2) is 12.9. The number of carbonyl (C=O) groups is 1. The molecule has 4 aromatic carbocycles. The number of anilines is 1.